The minimum Gasteiger partial charge on any atom is -0.496 e. The second-order valence-corrected chi connectivity index (χ2v) is 6.70. The normalized spacial score (nSPS) is 11.6. The number of methoxy groups -OCH3 is 1. The minimum absolute atomic E-state index is 0.822. The van der Waals surface area contributed by atoms with Gasteiger partial charge in [0.2, 0.25) is 0 Å². The predicted octanol–water partition coefficient (Wildman–Crippen LogP) is 1.40. The highest BCUT2D eigenvalue weighted by Crippen LogP contribution is 2.21. The molecule has 0 spiro atoms. The van der Waals surface area contributed by atoms with Gasteiger partial charge < -0.3 is 18.0 Å². The van der Waals surface area contributed by atoms with Crippen LogP contribution in [0, 0.1) is 13.8 Å². The number of hydrogen-bond acceptors (Lipinski definition) is 4. The molecule has 0 aliphatic rings. The van der Waals surface area contributed by atoms with Crippen LogP contribution >= 0.6 is 0 Å². The van der Waals surface area contributed by atoms with Crippen molar-refractivity contribution < 1.29 is 18.0 Å². The van der Waals surface area contributed by atoms with Crippen LogP contribution in [0.1, 0.15) is 11.1 Å². The molecule has 4 nitrogen and oxygen atoms in total. The molecular weight excluding hydrogens is 236 g/mol. The fourth-order valence-electron chi connectivity index (χ4n) is 1.82. The summed E-state index contributed by atoms with van der Waals surface area (Å²) in [7, 11) is 3.67. The predicted molar refractivity (Wildman–Crippen MR) is 68.9 cm³/mol. The van der Waals surface area contributed by atoms with E-state index in [-0.39, 0.29) is 0 Å². The highest BCUT2D eigenvalue weighted by atomic mass is 28.4. The van der Waals surface area contributed by atoms with Crippen molar-refractivity contribution in [1.29, 1.82) is 0 Å². The van der Waals surface area contributed by atoms with E-state index in [9.17, 15) is 0 Å². The molecule has 0 amide bonds. The van der Waals surface area contributed by atoms with E-state index in [2.05, 4.69) is 0 Å². The molecule has 0 aliphatic heterocycles. The lowest BCUT2D eigenvalue weighted by Crippen LogP contribution is -2.54. The molecule has 0 heterocycles. The molecule has 0 bridgehead atoms. The molecule has 1 aromatic rings. The Morgan fingerprint density at radius 1 is 0.882 bits per heavy atom. The molecule has 1 aromatic carbocycles. The van der Waals surface area contributed by atoms with Crippen molar-refractivity contribution in [2.45, 2.75) is 13.8 Å². The first kappa shape index (κ1) is 14.2. The molecule has 0 fully saturated rings. The van der Waals surface area contributed by atoms with Gasteiger partial charge in [-0.3, -0.25) is 0 Å². The zero-order chi connectivity index (χ0) is 13.1. The fourth-order valence-corrected chi connectivity index (χ4v) is 3.73. The summed E-state index contributed by atoms with van der Waals surface area (Å²) in [5, 5.41) is 0.907. The van der Waals surface area contributed by atoms with E-state index in [0.29, 0.717) is 0 Å². The zero-order valence-electron chi connectivity index (χ0n) is 11.3. The third-order valence-corrected chi connectivity index (χ3v) is 5.61. The van der Waals surface area contributed by atoms with E-state index in [1.165, 1.54) is 0 Å². The van der Waals surface area contributed by atoms with E-state index in [0.717, 1.165) is 22.1 Å². The standard InChI is InChI=1S/C12H20O4Si/c1-9-7-11(8-12(13-3)10(9)2)17(14-4,15-5)16-6/h7-8H,1-6H3. The van der Waals surface area contributed by atoms with E-state index in [1.54, 1.807) is 28.4 Å². The van der Waals surface area contributed by atoms with Gasteiger partial charge in [-0.15, -0.1) is 0 Å². The fraction of sp³-hybridized carbons (Fsp3) is 0.500. The van der Waals surface area contributed by atoms with Gasteiger partial charge in [0, 0.05) is 26.5 Å². The Morgan fingerprint density at radius 3 is 1.82 bits per heavy atom. The van der Waals surface area contributed by atoms with Crippen LogP contribution in [0.15, 0.2) is 12.1 Å². The lowest BCUT2D eigenvalue weighted by Gasteiger charge is -2.25. The van der Waals surface area contributed by atoms with Gasteiger partial charge in [-0.1, -0.05) is 6.07 Å². The van der Waals surface area contributed by atoms with Crippen LogP contribution in [0.5, 0.6) is 5.75 Å². The second-order valence-electron chi connectivity index (χ2n) is 3.79. The molecule has 96 valence electrons. The number of ether oxygens (including phenoxy) is 1. The molecule has 0 aliphatic carbocycles. The molecule has 0 radical (unpaired) electrons. The summed E-state index contributed by atoms with van der Waals surface area (Å²) >= 11 is 0. The van der Waals surface area contributed by atoms with Crippen LogP contribution in [0.25, 0.3) is 0 Å². The van der Waals surface area contributed by atoms with Crippen LogP contribution in [0.4, 0.5) is 0 Å². The maximum absolute atomic E-state index is 5.46. The molecule has 0 N–H and O–H groups in total. The maximum atomic E-state index is 5.46. The summed E-state index contributed by atoms with van der Waals surface area (Å²) in [5.41, 5.74) is 2.24. The maximum Gasteiger partial charge on any atom is 0.536 e. The molecule has 0 saturated carbocycles. The van der Waals surface area contributed by atoms with Crippen molar-refractivity contribution in [3.05, 3.63) is 23.3 Å². The summed E-state index contributed by atoms with van der Waals surface area (Å²) in [6.45, 7) is 4.05. The van der Waals surface area contributed by atoms with E-state index >= 15 is 0 Å². The van der Waals surface area contributed by atoms with Gasteiger partial charge in [0.1, 0.15) is 5.75 Å². The lowest BCUT2D eigenvalue weighted by atomic mass is 10.1. The largest absolute Gasteiger partial charge is 0.536 e. The summed E-state index contributed by atoms with van der Waals surface area (Å²) < 4.78 is 21.7. The van der Waals surface area contributed by atoms with Crippen LogP contribution < -0.4 is 9.92 Å². The number of aryl methyl sites for hydroxylation is 1. The van der Waals surface area contributed by atoms with Gasteiger partial charge in [-0.25, -0.2) is 0 Å². The van der Waals surface area contributed by atoms with E-state index < -0.39 is 8.80 Å². The van der Waals surface area contributed by atoms with Gasteiger partial charge in [-0.05, 0) is 31.0 Å². The average molecular weight is 256 g/mol. The zero-order valence-corrected chi connectivity index (χ0v) is 12.3. The second kappa shape index (κ2) is 5.64. The molecule has 0 saturated heterocycles. The van der Waals surface area contributed by atoms with Crippen molar-refractivity contribution in [3.63, 3.8) is 0 Å². The number of rotatable bonds is 5. The Bertz CT molecular complexity index is 380. The summed E-state index contributed by atoms with van der Waals surface area (Å²) in [4.78, 5) is 0. The van der Waals surface area contributed by atoms with Crippen LogP contribution in [-0.2, 0) is 13.3 Å². The number of hydrogen-bond donors (Lipinski definition) is 0. The Morgan fingerprint density at radius 2 is 1.41 bits per heavy atom. The number of benzene rings is 1. The molecule has 5 heteroatoms. The third kappa shape index (κ3) is 2.52. The monoisotopic (exact) mass is 256 g/mol. The van der Waals surface area contributed by atoms with E-state index in [1.807, 2.05) is 26.0 Å². The Balaban J connectivity index is 3.35. The van der Waals surface area contributed by atoms with Gasteiger partial charge in [0.05, 0.1) is 7.11 Å². The van der Waals surface area contributed by atoms with Crippen LogP contribution in [-0.4, -0.2) is 37.2 Å². The Hall–Kier alpha value is -0.883. The van der Waals surface area contributed by atoms with E-state index in [4.69, 9.17) is 18.0 Å². The van der Waals surface area contributed by atoms with Crippen molar-refractivity contribution in [2.24, 2.45) is 0 Å². The molecule has 0 unspecified atom stereocenters. The summed E-state index contributed by atoms with van der Waals surface area (Å²) in [6.07, 6.45) is 0. The van der Waals surface area contributed by atoms with Gasteiger partial charge in [0.25, 0.3) is 0 Å². The van der Waals surface area contributed by atoms with Crippen molar-refractivity contribution >= 4 is 14.0 Å². The Labute approximate surface area is 104 Å². The highest BCUT2D eigenvalue weighted by molar-refractivity contribution is 6.75. The lowest BCUT2D eigenvalue weighted by molar-refractivity contribution is 0.140. The summed E-state index contributed by atoms with van der Waals surface area (Å²) in [6, 6.07) is 3.95. The molecule has 17 heavy (non-hydrogen) atoms. The highest BCUT2D eigenvalue weighted by Gasteiger charge is 2.41. The Kier molecular flexibility index (Phi) is 4.70. The molecular formula is C12H20O4Si. The average Bonchev–Trinajstić information content (AvgIpc) is 2.36. The first-order valence-electron chi connectivity index (χ1n) is 5.35. The van der Waals surface area contributed by atoms with Gasteiger partial charge >= 0.3 is 8.80 Å². The van der Waals surface area contributed by atoms with Crippen LogP contribution in [0.3, 0.4) is 0 Å². The molecule has 1 rings (SSSR count). The third-order valence-electron chi connectivity index (χ3n) is 3.00. The first-order valence-corrected chi connectivity index (χ1v) is 7.08. The minimum atomic E-state index is -2.78. The molecule has 0 atom stereocenters. The van der Waals surface area contributed by atoms with Gasteiger partial charge in [-0.2, -0.15) is 0 Å². The van der Waals surface area contributed by atoms with Gasteiger partial charge in [0.15, 0.2) is 0 Å². The smallest absolute Gasteiger partial charge is 0.496 e. The first-order chi connectivity index (χ1) is 8.04. The summed E-state index contributed by atoms with van der Waals surface area (Å²) in [5.74, 6) is 0.822. The van der Waals surface area contributed by atoms with Crippen molar-refractivity contribution in [3.8, 4) is 5.75 Å². The van der Waals surface area contributed by atoms with Crippen LogP contribution in [0.2, 0.25) is 0 Å². The van der Waals surface area contributed by atoms with Crippen molar-refractivity contribution in [2.75, 3.05) is 28.4 Å². The topological polar surface area (TPSA) is 36.9 Å². The SMILES string of the molecule is COc1cc([Si](OC)(OC)OC)cc(C)c1C. The molecule has 0 aromatic heterocycles. The van der Waals surface area contributed by atoms with Crippen molar-refractivity contribution in [1.82, 2.24) is 0 Å². The quantitative estimate of drug-likeness (QED) is 0.746.